The molecule has 1 aromatic carbocycles. The Hall–Kier alpha value is -2.84. The van der Waals surface area contributed by atoms with Gasteiger partial charge in [0.15, 0.2) is 5.69 Å². The topological polar surface area (TPSA) is 76.0 Å². The molecular weight excluding hydrogens is 361 g/mol. The van der Waals surface area contributed by atoms with Crippen molar-refractivity contribution in [1.29, 1.82) is 0 Å². The molecule has 0 aliphatic rings. The third-order valence-corrected chi connectivity index (χ3v) is 3.80. The van der Waals surface area contributed by atoms with Crippen molar-refractivity contribution in [2.75, 3.05) is 13.1 Å². The van der Waals surface area contributed by atoms with Crippen molar-refractivity contribution in [3.8, 4) is 5.69 Å². The lowest BCUT2D eigenvalue weighted by atomic mass is 10.2. The van der Waals surface area contributed by atoms with Gasteiger partial charge in [-0.05, 0) is 19.1 Å². The molecule has 0 saturated carbocycles. The van der Waals surface area contributed by atoms with Gasteiger partial charge < -0.3 is 10.6 Å². The Morgan fingerprint density at radius 1 is 1.11 bits per heavy atom. The van der Waals surface area contributed by atoms with Gasteiger partial charge in [-0.25, -0.2) is 4.68 Å². The number of nitrogens with zero attached hydrogens (tertiary/aromatic N) is 2. The van der Waals surface area contributed by atoms with Crippen LogP contribution in [0, 0.1) is 12.8 Å². The summed E-state index contributed by atoms with van der Waals surface area (Å²) in [6.45, 7) is 5.36. The quantitative estimate of drug-likeness (QED) is 0.755. The van der Waals surface area contributed by atoms with Crippen molar-refractivity contribution in [3.63, 3.8) is 0 Å². The molecule has 0 saturated heterocycles. The van der Waals surface area contributed by atoms with Crippen molar-refractivity contribution in [3.05, 3.63) is 47.3 Å². The molecule has 1 aromatic heterocycles. The van der Waals surface area contributed by atoms with Gasteiger partial charge in [0.05, 0.1) is 17.4 Å². The number of nitrogens with one attached hydrogen (secondary N) is 2. The molecule has 2 amide bonds. The summed E-state index contributed by atoms with van der Waals surface area (Å²) in [5.41, 5.74) is -0.620. The van der Waals surface area contributed by atoms with E-state index in [0.29, 0.717) is 4.68 Å². The van der Waals surface area contributed by atoms with Gasteiger partial charge in [-0.3, -0.25) is 9.59 Å². The average molecular weight is 382 g/mol. The fourth-order valence-electron chi connectivity index (χ4n) is 2.33. The van der Waals surface area contributed by atoms with E-state index in [2.05, 4.69) is 15.7 Å². The van der Waals surface area contributed by atoms with Gasteiger partial charge in [0.25, 0.3) is 5.91 Å². The van der Waals surface area contributed by atoms with E-state index in [0.717, 1.165) is 11.8 Å². The fraction of sp³-hybridized carbons (Fsp3) is 0.389. The minimum absolute atomic E-state index is 0.00427. The number of alkyl halides is 3. The molecule has 0 radical (unpaired) electrons. The summed E-state index contributed by atoms with van der Waals surface area (Å²) in [7, 11) is 0. The highest BCUT2D eigenvalue weighted by Crippen LogP contribution is 2.33. The van der Waals surface area contributed by atoms with Gasteiger partial charge in [0, 0.05) is 19.0 Å². The van der Waals surface area contributed by atoms with E-state index in [9.17, 15) is 22.8 Å². The first-order valence-electron chi connectivity index (χ1n) is 8.39. The number of carbonyl (C=O) groups is 2. The molecule has 2 aromatic rings. The second kappa shape index (κ2) is 8.24. The zero-order valence-corrected chi connectivity index (χ0v) is 15.2. The smallest absolute Gasteiger partial charge is 0.354 e. The largest absolute Gasteiger partial charge is 0.434 e. The van der Waals surface area contributed by atoms with Crippen LogP contribution < -0.4 is 10.6 Å². The third-order valence-electron chi connectivity index (χ3n) is 3.80. The summed E-state index contributed by atoms with van der Waals surface area (Å²) < 4.78 is 41.4. The van der Waals surface area contributed by atoms with Crippen molar-refractivity contribution < 1.29 is 22.8 Å². The predicted octanol–water partition coefficient (Wildman–Crippen LogP) is 2.70. The second-order valence-corrected chi connectivity index (χ2v) is 6.35. The molecule has 9 heteroatoms. The first kappa shape index (κ1) is 20.5. The summed E-state index contributed by atoms with van der Waals surface area (Å²) >= 11 is 0. The molecule has 0 atom stereocenters. The van der Waals surface area contributed by atoms with E-state index < -0.39 is 23.3 Å². The van der Waals surface area contributed by atoms with Crippen LogP contribution in [0.25, 0.3) is 5.69 Å². The van der Waals surface area contributed by atoms with E-state index in [1.165, 1.54) is 12.1 Å². The summed E-state index contributed by atoms with van der Waals surface area (Å²) in [6, 6.07) is 6.32. The third kappa shape index (κ3) is 5.08. The summed E-state index contributed by atoms with van der Waals surface area (Å²) in [5.74, 6) is -1.32. The number of amides is 2. The molecule has 0 aliphatic carbocycles. The van der Waals surface area contributed by atoms with Crippen LogP contribution in [0.4, 0.5) is 13.2 Å². The molecular formula is C18H21F3N4O2. The van der Waals surface area contributed by atoms with E-state index in [4.69, 9.17) is 0 Å². The van der Waals surface area contributed by atoms with Crippen molar-refractivity contribution >= 4 is 11.8 Å². The van der Waals surface area contributed by atoms with Crippen LogP contribution in [-0.4, -0.2) is 34.7 Å². The predicted molar refractivity (Wildman–Crippen MR) is 93.5 cm³/mol. The number of halogens is 3. The zero-order chi connectivity index (χ0) is 20.2. The highest BCUT2D eigenvalue weighted by atomic mass is 19.4. The van der Waals surface area contributed by atoms with E-state index in [1.807, 2.05) is 6.92 Å². The Balaban J connectivity index is 2.18. The molecule has 0 spiro atoms. The van der Waals surface area contributed by atoms with Crippen LogP contribution in [-0.2, 0) is 11.0 Å². The maximum atomic E-state index is 13.6. The maximum absolute atomic E-state index is 13.6. The van der Waals surface area contributed by atoms with Crippen molar-refractivity contribution in [2.24, 2.45) is 5.92 Å². The molecule has 2 rings (SSSR count). The first-order valence-corrected chi connectivity index (χ1v) is 8.39. The fourth-order valence-corrected chi connectivity index (χ4v) is 2.33. The lowest BCUT2D eigenvalue weighted by Gasteiger charge is -2.13. The minimum Gasteiger partial charge on any atom is -0.354 e. The van der Waals surface area contributed by atoms with Crippen LogP contribution >= 0.6 is 0 Å². The second-order valence-electron chi connectivity index (χ2n) is 6.35. The zero-order valence-electron chi connectivity index (χ0n) is 15.2. The molecule has 146 valence electrons. The van der Waals surface area contributed by atoms with Gasteiger partial charge in [-0.2, -0.15) is 18.3 Å². The normalized spacial score (nSPS) is 11.5. The van der Waals surface area contributed by atoms with Crippen LogP contribution in [0.2, 0.25) is 0 Å². The Labute approximate surface area is 154 Å². The molecule has 0 fully saturated rings. The SMILES string of the molecule is Cc1ccc(-n2ncc(C(=O)NCCNC(=O)C(C)C)c2C(F)(F)F)cc1. The monoisotopic (exact) mass is 382 g/mol. The van der Waals surface area contributed by atoms with Crippen LogP contribution in [0.5, 0.6) is 0 Å². The van der Waals surface area contributed by atoms with E-state index >= 15 is 0 Å². The molecule has 0 unspecified atom stereocenters. The molecule has 6 nitrogen and oxygen atoms in total. The Morgan fingerprint density at radius 2 is 1.70 bits per heavy atom. The maximum Gasteiger partial charge on any atom is 0.434 e. The van der Waals surface area contributed by atoms with Crippen LogP contribution in [0.3, 0.4) is 0 Å². The highest BCUT2D eigenvalue weighted by Gasteiger charge is 2.40. The van der Waals surface area contributed by atoms with E-state index in [1.54, 1.807) is 26.0 Å². The first-order chi connectivity index (χ1) is 12.6. The molecule has 0 bridgehead atoms. The summed E-state index contributed by atoms with van der Waals surface area (Å²) in [4.78, 5) is 23.7. The van der Waals surface area contributed by atoms with Crippen LogP contribution in [0.1, 0.15) is 35.5 Å². The molecule has 2 N–H and O–H groups in total. The van der Waals surface area contributed by atoms with Gasteiger partial charge >= 0.3 is 6.18 Å². The lowest BCUT2D eigenvalue weighted by molar-refractivity contribution is -0.143. The number of carbonyl (C=O) groups excluding carboxylic acids is 2. The number of hydrogen-bond acceptors (Lipinski definition) is 3. The Kier molecular flexibility index (Phi) is 6.24. The molecule has 0 aliphatic heterocycles. The number of aromatic nitrogens is 2. The van der Waals surface area contributed by atoms with Gasteiger partial charge in [-0.15, -0.1) is 0 Å². The molecule has 1 heterocycles. The standard InChI is InChI=1S/C18H21F3N4O2/c1-11(2)16(26)22-8-9-23-17(27)14-10-24-25(15(14)18(19,20)21)13-6-4-12(3)5-7-13/h4-7,10-11H,8-9H2,1-3H3,(H,22,26)(H,23,27). The molecule has 27 heavy (non-hydrogen) atoms. The lowest BCUT2D eigenvalue weighted by Crippen LogP contribution is -2.36. The highest BCUT2D eigenvalue weighted by molar-refractivity contribution is 5.95. The number of rotatable bonds is 6. The number of benzene rings is 1. The summed E-state index contributed by atoms with van der Waals surface area (Å²) in [6.07, 6.45) is -3.87. The van der Waals surface area contributed by atoms with Crippen molar-refractivity contribution in [2.45, 2.75) is 26.9 Å². The van der Waals surface area contributed by atoms with Crippen LogP contribution in [0.15, 0.2) is 30.5 Å². The van der Waals surface area contributed by atoms with E-state index in [-0.39, 0.29) is 30.6 Å². The number of aryl methyl sites for hydroxylation is 1. The Bertz CT molecular complexity index is 811. The average Bonchev–Trinajstić information content (AvgIpc) is 3.04. The minimum atomic E-state index is -4.76. The van der Waals surface area contributed by atoms with Gasteiger partial charge in [0.2, 0.25) is 5.91 Å². The van der Waals surface area contributed by atoms with Crippen molar-refractivity contribution in [1.82, 2.24) is 20.4 Å². The summed E-state index contributed by atoms with van der Waals surface area (Å²) in [5, 5.41) is 8.70. The number of hydrogen-bond donors (Lipinski definition) is 2. The van der Waals surface area contributed by atoms with Gasteiger partial charge in [0.1, 0.15) is 0 Å². The Morgan fingerprint density at radius 3 is 2.26 bits per heavy atom. The van der Waals surface area contributed by atoms with Gasteiger partial charge in [-0.1, -0.05) is 31.5 Å².